The third-order valence-electron chi connectivity index (χ3n) is 1.96. The van der Waals surface area contributed by atoms with Crippen LogP contribution in [-0.2, 0) is 6.54 Å². The third kappa shape index (κ3) is 0.942. The van der Waals surface area contributed by atoms with Crippen LogP contribution in [0.5, 0.6) is 0 Å². The van der Waals surface area contributed by atoms with Crippen molar-refractivity contribution in [2.24, 2.45) is 0 Å². The van der Waals surface area contributed by atoms with Crippen LogP contribution in [0.25, 0.3) is 11.0 Å². The molecule has 2 heterocycles. The van der Waals surface area contributed by atoms with E-state index in [1.54, 1.807) is 6.20 Å². The lowest BCUT2D eigenvalue weighted by Crippen LogP contribution is -1.93. The number of hydrogen-bond acceptors (Lipinski definition) is 2. The zero-order valence-corrected chi connectivity index (χ0v) is 6.99. The van der Waals surface area contributed by atoms with Crippen molar-refractivity contribution in [1.29, 1.82) is 0 Å². The first kappa shape index (κ1) is 7.16. The van der Waals surface area contributed by atoms with Crippen molar-refractivity contribution in [3.63, 3.8) is 0 Å². The predicted octanol–water partition coefficient (Wildman–Crippen LogP) is 1.64. The molecule has 0 bridgehead atoms. The maximum atomic E-state index is 5.60. The second kappa shape index (κ2) is 2.52. The Morgan fingerprint density at radius 2 is 2.42 bits per heavy atom. The average Bonchev–Trinajstić information content (AvgIpc) is 2.46. The Hall–Kier alpha value is -1.51. The van der Waals surface area contributed by atoms with Gasteiger partial charge in [0.25, 0.3) is 0 Å². The normalized spacial score (nSPS) is 10.8. The van der Waals surface area contributed by atoms with E-state index in [0.717, 1.165) is 23.3 Å². The van der Waals surface area contributed by atoms with E-state index in [4.69, 9.17) is 5.73 Å². The van der Waals surface area contributed by atoms with E-state index < -0.39 is 0 Å². The molecule has 0 saturated carbocycles. The van der Waals surface area contributed by atoms with Crippen LogP contribution in [0.4, 0.5) is 5.69 Å². The highest BCUT2D eigenvalue weighted by Crippen LogP contribution is 2.15. The van der Waals surface area contributed by atoms with Crippen LogP contribution < -0.4 is 5.73 Å². The average molecular weight is 161 g/mol. The first-order valence-corrected chi connectivity index (χ1v) is 4.01. The summed E-state index contributed by atoms with van der Waals surface area (Å²) in [6, 6.07) is 3.97. The van der Waals surface area contributed by atoms with Crippen LogP contribution in [0.2, 0.25) is 0 Å². The second-order valence-electron chi connectivity index (χ2n) is 2.78. The van der Waals surface area contributed by atoms with Crippen LogP contribution in [0.15, 0.2) is 24.5 Å². The van der Waals surface area contributed by atoms with E-state index in [9.17, 15) is 0 Å². The van der Waals surface area contributed by atoms with E-state index in [1.807, 2.05) is 18.3 Å². The molecule has 0 fully saturated rings. The molecule has 0 saturated heterocycles. The van der Waals surface area contributed by atoms with Gasteiger partial charge in [-0.15, -0.1) is 0 Å². The number of nitrogen functional groups attached to an aromatic ring is 1. The molecule has 0 aliphatic rings. The number of pyridine rings is 1. The van der Waals surface area contributed by atoms with Gasteiger partial charge in [-0.1, -0.05) is 0 Å². The molecule has 62 valence electrons. The molecular weight excluding hydrogens is 150 g/mol. The molecule has 0 atom stereocenters. The topological polar surface area (TPSA) is 43.8 Å². The molecule has 0 spiro atoms. The summed E-state index contributed by atoms with van der Waals surface area (Å²) in [4.78, 5) is 4.25. The lowest BCUT2D eigenvalue weighted by molar-refractivity contribution is 0.788. The highest BCUT2D eigenvalue weighted by atomic mass is 15.0. The first-order chi connectivity index (χ1) is 5.81. The lowest BCUT2D eigenvalue weighted by atomic mass is 10.3. The van der Waals surface area contributed by atoms with Crippen LogP contribution >= 0.6 is 0 Å². The van der Waals surface area contributed by atoms with E-state index in [1.165, 1.54) is 0 Å². The Morgan fingerprint density at radius 3 is 3.17 bits per heavy atom. The molecule has 0 radical (unpaired) electrons. The fourth-order valence-electron chi connectivity index (χ4n) is 1.35. The van der Waals surface area contributed by atoms with Crippen LogP contribution in [0.3, 0.4) is 0 Å². The molecule has 3 nitrogen and oxygen atoms in total. The molecule has 2 rings (SSSR count). The highest BCUT2D eigenvalue weighted by molar-refractivity contribution is 5.79. The largest absolute Gasteiger partial charge is 0.397 e. The molecule has 0 aliphatic heterocycles. The smallest absolute Gasteiger partial charge is 0.139 e. The van der Waals surface area contributed by atoms with Gasteiger partial charge < -0.3 is 10.3 Å². The number of aromatic nitrogens is 2. The Bertz CT molecular complexity index is 403. The molecule has 0 aliphatic carbocycles. The Morgan fingerprint density at radius 1 is 1.58 bits per heavy atom. The Balaban J connectivity index is 2.73. The predicted molar refractivity (Wildman–Crippen MR) is 49.8 cm³/mol. The minimum atomic E-state index is 0.719. The van der Waals surface area contributed by atoms with Crippen LogP contribution in [0, 0.1) is 0 Å². The molecule has 2 aromatic heterocycles. The van der Waals surface area contributed by atoms with Crippen molar-refractivity contribution in [3.05, 3.63) is 24.5 Å². The minimum Gasteiger partial charge on any atom is -0.397 e. The number of nitrogens with zero attached hydrogens (tertiary/aromatic N) is 2. The fourth-order valence-corrected chi connectivity index (χ4v) is 1.35. The van der Waals surface area contributed by atoms with Gasteiger partial charge in [0, 0.05) is 18.1 Å². The highest BCUT2D eigenvalue weighted by Gasteiger charge is 1.99. The van der Waals surface area contributed by atoms with E-state index in [2.05, 4.69) is 16.5 Å². The maximum absolute atomic E-state index is 5.60. The molecule has 12 heavy (non-hydrogen) atoms. The van der Waals surface area contributed by atoms with Gasteiger partial charge in [0.2, 0.25) is 0 Å². The van der Waals surface area contributed by atoms with Crippen LogP contribution in [-0.4, -0.2) is 9.55 Å². The summed E-state index contributed by atoms with van der Waals surface area (Å²) in [5, 5.41) is 1.11. The molecule has 2 aromatic rings. The van der Waals surface area contributed by atoms with Crippen molar-refractivity contribution in [1.82, 2.24) is 9.55 Å². The van der Waals surface area contributed by atoms with E-state index in [-0.39, 0.29) is 0 Å². The summed E-state index contributed by atoms with van der Waals surface area (Å²) in [6.45, 7) is 3.04. The summed E-state index contributed by atoms with van der Waals surface area (Å²) in [7, 11) is 0. The number of aryl methyl sites for hydroxylation is 1. The fraction of sp³-hybridized carbons (Fsp3) is 0.222. The first-order valence-electron chi connectivity index (χ1n) is 4.01. The minimum absolute atomic E-state index is 0.719. The van der Waals surface area contributed by atoms with Gasteiger partial charge in [0.1, 0.15) is 5.65 Å². The number of rotatable bonds is 1. The Labute approximate surface area is 70.8 Å². The van der Waals surface area contributed by atoms with Gasteiger partial charge in [-0.3, -0.25) is 0 Å². The number of fused-ring (bicyclic) bond motifs is 1. The molecular formula is C9H11N3. The lowest BCUT2D eigenvalue weighted by Gasteiger charge is -1.98. The molecule has 3 heteroatoms. The monoisotopic (exact) mass is 161 g/mol. The third-order valence-corrected chi connectivity index (χ3v) is 1.96. The van der Waals surface area contributed by atoms with Crippen molar-refractivity contribution in [2.45, 2.75) is 13.5 Å². The summed E-state index contributed by atoms with van der Waals surface area (Å²) in [5.41, 5.74) is 7.33. The van der Waals surface area contributed by atoms with Gasteiger partial charge >= 0.3 is 0 Å². The number of nitrogens with two attached hydrogens (primary N) is 1. The number of anilines is 1. The molecule has 0 unspecified atom stereocenters. The van der Waals surface area contributed by atoms with Crippen molar-refractivity contribution in [2.75, 3.05) is 5.73 Å². The van der Waals surface area contributed by atoms with Crippen LogP contribution in [0.1, 0.15) is 6.92 Å². The van der Waals surface area contributed by atoms with Gasteiger partial charge in [-0.25, -0.2) is 4.98 Å². The number of hydrogen-bond donors (Lipinski definition) is 1. The quantitative estimate of drug-likeness (QED) is 0.691. The zero-order chi connectivity index (χ0) is 8.55. The van der Waals surface area contributed by atoms with Crippen molar-refractivity contribution >= 4 is 16.7 Å². The van der Waals surface area contributed by atoms with Crippen molar-refractivity contribution in [3.8, 4) is 0 Å². The standard InChI is InChI=1S/C9H11N3/c1-2-12-4-3-7-5-8(10)6-11-9(7)12/h3-6H,2,10H2,1H3. The molecule has 2 N–H and O–H groups in total. The second-order valence-corrected chi connectivity index (χ2v) is 2.78. The summed E-state index contributed by atoms with van der Waals surface area (Å²) in [5.74, 6) is 0. The van der Waals surface area contributed by atoms with E-state index in [0.29, 0.717) is 0 Å². The SMILES string of the molecule is CCn1ccc2cc(N)cnc21. The summed E-state index contributed by atoms with van der Waals surface area (Å²) in [6.07, 6.45) is 3.71. The van der Waals surface area contributed by atoms with E-state index >= 15 is 0 Å². The van der Waals surface area contributed by atoms with Crippen molar-refractivity contribution < 1.29 is 0 Å². The Kier molecular flexibility index (Phi) is 1.50. The molecule has 0 amide bonds. The van der Waals surface area contributed by atoms with Gasteiger partial charge in [0.05, 0.1) is 11.9 Å². The van der Waals surface area contributed by atoms with Gasteiger partial charge in [-0.2, -0.15) is 0 Å². The zero-order valence-electron chi connectivity index (χ0n) is 6.99. The van der Waals surface area contributed by atoms with Gasteiger partial charge in [-0.05, 0) is 19.1 Å². The molecule has 0 aromatic carbocycles. The van der Waals surface area contributed by atoms with Gasteiger partial charge in [0.15, 0.2) is 0 Å². The maximum Gasteiger partial charge on any atom is 0.139 e. The summed E-state index contributed by atoms with van der Waals surface area (Å²) >= 11 is 0. The summed E-state index contributed by atoms with van der Waals surface area (Å²) < 4.78 is 2.09.